The molecule has 0 radical (unpaired) electrons. The smallest absolute Gasteiger partial charge is 0.359 e. The van der Waals surface area contributed by atoms with Crippen molar-refractivity contribution in [2.45, 2.75) is 32.0 Å². The third-order valence-corrected chi connectivity index (χ3v) is 3.98. The summed E-state index contributed by atoms with van der Waals surface area (Å²) in [6.07, 6.45) is 1.45. The van der Waals surface area contributed by atoms with E-state index in [1.54, 1.807) is 13.0 Å². The van der Waals surface area contributed by atoms with Gasteiger partial charge in [-0.15, -0.1) is 5.10 Å². The van der Waals surface area contributed by atoms with Crippen LogP contribution in [-0.2, 0) is 11.0 Å². The second-order valence-corrected chi connectivity index (χ2v) is 6.72. The minimum Gasteiger partial charge on any atom is -0.359 e. The fourth-order valence-corrected chi connectivity index (χ4v) is 2.53. The highest BCUT2D eigenvalue weighted by molar-refractivity contribution is 7.80. The molecule has 1 aliphatic carbocycles. The van der Waals surface area contributed by atoms with Gasteiger partial charge >= 0.3 is 6.18 Å². The highest BCUT2D eigenvalue weighted by Gasteiger charge is 2.31. The Bertz CT molecular complexity index is 920. The predicted molar refractivity (Wildman–Crippen MR) is 101 cm³/mol. The molecule has 0 bridgehead atoms. The topological polar surface area (TPSA) is 83.9 Å². The Labute approximate surface area is 164 Å². The quantitative estimate of drug-likeness (QED) is 0.408. The van der Waals surface area contributed by atoms with Crippen molar-refractivity contribution in [1.29, 1.82) is 0 Å². The number of hydrogen-bond acceptors (Lipinski definition) is 4. The molecule has 11 heteroatoms. The van der Waals surface area contributed by atoms with Crippen molar-refractivity contribution in [3.8, 4) is 11.4 Å². The minimum atomic E-state index is -4.46. The average Bonchev–Trinajstić information content (AvgIpc) is 3.30. The number of aryl methyl sites for hydroxylation is 1. The maximum Gasteiger partial charge on any atom is 0.416 e. The minimum absolute atomic E-state index is 0.118. The number of hydrogen-bond donors (Lipinski definition) is 3. The summed E-state index contributed by atoms with van der Waals surface area (Å²) in [4.78, 5) is 15.8. The van der Waals surface area contributed by atoms with E-state index < -0.39 is 17.6 Å². The number of halogens is 3. The second-order valence-electron chi connectivity index (χ2n) is 6.31. The van der Waals surface area contributed by atoms with E-state index in [9.17, 15) is 18.0 Å². The Morgan fingerprint density at radius 2 is 2.04 bits per heavy atom. The van der Waals surface area contributed by atoms with Crippen LogP contribution in [0, 0.1) is 6.92 Å². The van der Waals surface area contributed by atoms with Gasteiger partial charge < -0.3 is 5.32 Å². The third kappa shape index (κ3) is 5.52. The van der Waals surface area contributed by atoms with E-state index in [4.69, 9.17) is 12.2 Å². The van der Waals surface area contributed by atoms with E-state index in [2.05, 4.69) is 26.3 Å². The Balaban J connectivity index is 1.62. The number of rotatable bonds is 4. The van der Waals surface area contributed by atoms with Crippen LogP contribution >= 0.6 is 12.2 Å². The van der Waals surface area contributed by atoms with Crippen LogP contribution in [0.15, 0.2) is 30.6 Å². The van der Waals surface area contributed by atoms with Crippen molar-refractivity contribution in [3.05, 3.63) is 41.7 Å². The monoisotopic (exact) mass is 410 g/mol. The van der Waals surface area contributed by atoms with E-state index in [1.165, 1.54) is 23.3 Å². The number of nitrogens with one attached hydrogen (secondary N) is 3. The molecule has 0 aliphatic heterocycles. The molecular formula is C17H17F3N6OS. The summed E-state index contributed by atoms with van der Waals surface area (Å²) in [6, 6.07) is 3.96. The standard InChI is InChI=1S/C17H17F3N6OS/c1-10-6-11(8-12(7-10)17(18,19)20)15-21-9-26(25-15)5-4-14(27)23-24-16(28)22-13-2-3-13/h4-9,13H,2-3H2,1H3,(H,23,27)(H2,22,24,28)/b5-4-. The van der Waals surface area contributed by atoms with Gasteiger partial charge in [-0.2, -0.15) is 13.2 Å². The first-order valence-electron chi connectivity index (χ1n) is 8.36. The van der Waals surface area contributed by atoms with Gasteiger partial charge in [0.15, 0.2) is 10.9 Å². The average molecular weight is 410 g/mol. The molecule has 0 saturated heterocycles. The van der Waals surface area contributed by atoms with Crippen molar-refractivity contribution in [3.63, 3.8) is 0 Å². The molecule has 3 rings (SSSR count). The van der Waals surface area contributed by atoms with Crippen molar-refractivity contribution in [2.75, 3.05) is 0 Å². The summed E-state index contributed by atoms with van der Waals surface area (Å²) in [5.41, 5.74) is 4.87. The lowest BCUT2D eigenvalue weighted by molar-refractivity contribution is -0.137. The number of aromatic nitrogens is 3. The van der Waals surface area contributed by atoms with Crippen LogP contribution in [0.3, 0.4) is 0 Å². The molecule has 1 fully saturated rings. The number of carbonyl (C=O) groups is 1. The van der Waals surface area contributed by atoms with Gasteiger partial charge in [-0.25, -0.2) is 9.67 Å². The van der Waals surface area contributed by atoms with Crippen molar-refractivity contribution in [1.82, 2.24) is 30.9 Å². The lowest BCUT2D eigenvalue weighted by Crippen LogP contribution is -2.46. The molecule has 1 aromatic heterocycles. The van der Waals surface area contributed by atoms with Gasteiger partial charge in [-0.1, -0.05) is 0 Å². The summed E-state index contributed by atoms with van der Waals surface area (Å²) in [6.45, 7) is 1.56. The Morgan fingerprint density at radius 1 is 1.29 bits per heavy atom. The zero-order valence-corrected chi connectivity index (χ0v) is 15.6. The molecule has 148 valence electrons. The molecular weight excluding hydrogens is 393 g/mol. The SMILES string of the molecule is Cc1cc(-c2ncn(/C=C\C(=O)NNC(=S)NC3CC3)n2)cc(C(F)(F)F)c1. The van der Waals surface area contributed by atoms with Crippen LogP contribution in [0.4, 0.5) is 13.2 Å². The van der Waals surface area contributed by atoms with Gasteiger partial charge in [0.2, 0.25) is 0 Å². The van der Waals surface area contributed by atoms with Crippen LogP contribution in [0.5, 0.6) is 0 Å². The highest BCUT2D eigenvalue weighted by atomic mass is 32.1. The molecule has 28 heavy (non-hydrogen) atoms. The fourth-order valence-electron chi connectivity index (χ4n) is 2.31. The maximum absolute atomic E-state index is 13.0. The molecule has 1 saturated carbocycles. The van der Waals surface area contributed by atoms with E-state index >= 15 is 0 Å². The molecule has 1 aliphatic rings. The van der Waals surface area contributed by atoms with Crippen molar-refractivity contribution < 1.29 is 18.0 Å². The first-order valence-corrected chi connectivity index (χ1v) is 8.76. The van der Waals surface area contributed by atoms with Crippen molar-refractivity contribution in [2.24, 2.45) is 0 Å². The first-order chi connectivity index (χ1) is 13.2. The summed E-state index contributed by atoms with van der Waals surface area (Å²) in [7, 11) is 0. The number of hydrazine groups is 1. The summed E-state index contributed by atoms with van der Waals surface area (Å²) >= 11 is 5.00. The lowest BCUT2D eigenvalue weighted by atomic mass is 10.1. The van der Waals surface area contributed by atoms with Gasteiger partial charge in [0.1, 0.15) is 6.33 Å². The highest BCUT2D eigenvalue weighted by Crippen LogP contribution is 2.32. The molecule has 1 heterocycles. The largest absolute Gasteiger partial charge is 0.416 e. The van der Waals surface area contributed by atoms with Gasteiger partial charge in [-0.3, -0.25) is 15.6 Å². The third-order valence-electron chi connectivity index (χ3n) is 3.76. The van der Waals surface area contributed by atoms with Gasteiger partial charge in [0, 0.05) is 23.9 Å². The lowest BCUT2D eigenvalue weighted by Gasteiger charge is -2.09. The normalized spacial score (nSPS) is 14.1. The Morgan fingerprint density at radius 3 is 2.71 bits per heavy atom. The Kier molecular flexibility index (Phi) is 5.63. The Hall–Kier alpha value is -2.95. The number of benzene rings is 1. The fraction of sp³-hybridized carbons (Fsp3) is 0.294. The summed E-state index contributed by atoms with van der Waals surface area (Å²) in [5.74, 6) is -0.362. The molecule has 7 nitrogen and oxygen atoms in total. The summed E-state index contributed by atoms with van der Waals surface area (Å²) < 4.78 is 40.1. The zero-order chi connectivity index (χ0) is 20.3. The second kappa shape index (κ2) is 7.97. The van der Waals surface area contributed by atoms with Crippen LogP contribution < -0.4 is 16.2 Å². The number of thiocarbonyl (C=S) groups is 1. The van der Waals surface area contributed by atoms with Gasteiger partial charge in [0.25, 0.3) is 5.91 Å². The molecule has 1 amide bonds. The number of carbonyl (C=O) groups excluding carboxylic acids is 1. The number of nitrogens with zero attached hydrogens (tertiary/aromatic N) is 3. The van der Waals surface area contributed by atoms with Gasteiger partial charge in [-0.05, 0) is 55.7 Å². The van der Waals surface area contributed by atoms with Gasteiger partial charge in [0.05, 0.1) is 5.56 Å². The van der Waals surface area contributed by atoms with E-state index in [0.717, 1.165) is 25.0 Å². The van der Waals surface area contributed by atoms with Crippen molar-refractivity contribution >= 4 is 29.4 Å². The number of amides is 1. The van der Waals surface area contributed by atoms with Crippen LogP contribution in [-0.4, -0.2) is 31.8 Å². The van der Waals surface area contributed by atoms with Crippen LogP contribution in [0.25, 0.3) is 17.6 Å². The zero-order valence-electron chi connectivity index (χ0n) is 14.7. The molecule has 3 N–H and O–H groups in total. The van der Waals surface area contributed by atoms with E-state index in [0.29, 0.717) is 16.7 Å². The predicted octanol–water partition coefficient (Wildman–Crippen LogP) is 2.40. The molecule has 2 aromatic rings. The van der Waals surface area contributed by atoms with E-state index in [-0.39, 0.29) is 11.4 Å². The summed E-state index contributed by atoms with van der Waals surface area (Å²) in [5, 5.41) is 7.40. The maximum atomic E-state index is 13.0. The first kappa shape index (κ1) is 19.8. The molecule has 1 aromatic carbocycles. The van der Waals surface area contributed by atoms with Crippen LogP contribution in [0.1, 0.15) is 24.0 Å². The number of alkyl halides is 3. The van der Waals surface area contributed by atoms with E-state index in [1.807, 2.05) is 0 Å². The molecule has 0 atom stereocenters. The molecule has 0 unspecified atom stereocenters. The van der Waals surface area contributed by atoms with Crippen LogP contribution in [0.2, 0.25) is 0 Å². The molecule has 0 spiro atoms.